The number of unbranched alkanes of at least 4 members (excludes halogenated alkanes) is 2. The van der Waals surface area contributed by atoms with Crippen LogP contribution in [-0.2, 0) is 9.59 Å². The first-order valence-corrected chi connectivity index (χ1v) is 12.6. The van der Waals surface area contributed by atoms with Crippen LogP contribution in [0.3, 0.4) is 0 Å². The Hall–Kier alpha value is -2.38. The van der Waals surface area contributed by atoms with Gasteiger partial charge in [0.2, 0.25) is 0 Å². The van der Waals surface area contributed by atoms with Gasteiger partial charge in [0.15, 0.2) is 0 Å². The van der Waals surface area contributed by atoms with Crippen molar-refractivity contribution in [2.45, 2.75) is 52.0 Å². The van der Waals surface area contributed by atoms with Crippen molar-refractivity contribution in [3.63, 3.8) is 0 Å². The molecule has 1 saturated heterocycles. The molecule has 33 heavy (non-hydrogen) atoms. The number of carbonyl (C=O) groups excluding carboxylic acids is 2. The van der Waals surface area contributed by atoms with E-state index in [1.807, 2.05) is 0 Å². The number of furan rings is 1. The van der Waals surface area contributed by atoms with Crippen LogP contribution >= 0.6 is 15.9 Å². The molecule has 1 amide bonds. The van der Waals surface area contributed by atoms with E-state index < -0.39 is 17.7 Å². The topological polar surface area (TPSA) is 74.0 Å². The van der Waals surface area contributed by atoms with E-state index in [0.717, 1.165) is 56.2 Å². The van der Waals surface area contributed by atoms with E-state index in [9.17, 15) is 14.7 Å². The number of nitrogens with zero attached hydrogens (tertiary/aromatic N) is 2. The number of aliphatic hydroxyl groups is 1. The van der Waals surface area contributed by atoms with Crippen molar-refractivity contribution in [3.8, 4) is 0 Å². The molecule has 0 saturated carbocycles. The Morgan fingerprint density at radius 2 is 1.67 bits per heavy atom. The molecule has 1 fully saturated rings. The summed E-state index contributed by atoms with van der Waals surface area (Å²) in [5.74, 6) is -0.978. The van der Waals surface area contributed by atoms with Crippen molar-refractivity contribution in [2.75, 3.05) is 26.2 Å². The van der Waals surface area contributed by atoms with Crippen molar-refractivity contribution in [2.24, 2.45) is 0 Å². The van der Waals surface area contributed by atoms with Crippen LogP contribution in [0.15, 0.2) is 57.1 Å². The fourth-order valence-electron chi connectivity index (χ4n) is 4.18. The Bertz CT molecular complexity index is 945. The van der Waals surface area contributed by atoms with E-state index >= 15 is 0 Å². The Morgan fingerprint density at radius 3 is 2.24 bits per heavy atom. The second kappa shape index (κ2) is 12.2. The molecule has 2 aromatic rings. The van der Waals surface area contributed by atoms with Crippen LogP contribution < -0.4 is 0 Å². The molecule has 1 N–H and O–H groups in total. The van der Waals surface area contributed by atoms with E-state index in [1.165, 1.54) is 6.26 Å². The second-order valence-corrected chi connectivity index (χ2v) is 9.33. The minimum atomic E-state index is -0.733. The quantitative estimate of drug-likeness (QED) is 0.220. The second-order valence-electron chi connectivity index (χ2n) is 8.42. The van der Waals surface area contributed by atoms with Crippen molar-refractivity contribution >= 4 is 33.4 Å². The number of hydrogen-bond donors (Lipinski definition) is 1. The van der Waals surface area contributed by atoms with E-state index in [1.54, 1.807) is 41.3 Å². The van der Waals surface area contributed by atoms with Crippen LogP contribution in [0.4, 0.5) is 0 Å². The molecule has 1 aromatic carbocycles. The maximum Gasteiger partial charge on any atom is 0.295 e. The average Bonchev–Trinajstić information content (AvgIpc) is 3.43. The molecule has 0 bridgehead atoms. The highest BCUT2D eigenvalue weighted by atomic mass is 79.9. The standard InChI is InChI=1S/C26H33BrN2O4/c1-3-5-14-28(15-6-4-2)16-8-17-29-23(21-9-7-18-33-21)22(25(31)26(29)32)24(30)19-10-12-20(27)13-11-19/h7,9-13,18,23,30H,3-6,8,14-17H2,1-2H3/b24-22-. The predicted octanol–water partition coefficient (Wildman–Crippen LogP) is 5.76. The van der Waals surface area contributed by atoms with Gasteiger partial charge in [-0.25, -0.2) is 0 Å². The summed E-state index contributed by atoms with van der Waals surface area (Å²) in [6.45, 7) is 7.74. The molecule has 0 radical (unpaired) electrons. The number of carbonyl (C=O) groups is 2. The van der Waals surface area contributed by atoms with Crippen molar-refractivity contribution in [1.82, 2.24) is 9.80 Å². The normalized spacial score (nSPS) is 17.9. The Kier molecular flexibility index (Phi) is 9.32. The predicted molar refractivity (Wildman–Crippen MR) is 133 cm³/mol. The van der Waals surface area contributed by atoms with Crippen molar-refractivity contribution in [1.29, 1.82) is 0 Å². The molecule has 1 aliphatic heterocycles. The molecular formula is C26H33BrN2O4. The lowest BCUT2D eigenvalue weighted by atomic mass is 9.99. The number of amides is 1. The fraction of sp³-hybridized carbons (Fsp3) is 0.462. The number of ketones is 1. The van der Waals surface area contributed by atoms with Crippen LogP contribution in [0.25, 0.3) is 5.76 Å². The third-order valence-corrected chi connectivity index (χ3v) is 6.53. The number of benzene rings is 1. The summed E-state index contributed by atoms with van der Waals surface area (Å²) < 4.78 is 6.46. The Morgan fingerprint density at radius 1 is 1.03 bits per heavy atom. The summed E-state index contributed by atoms with van der Waals surface area (Å²) in [7, 11) is 0. The number of Topliss-reactive ketones (excluding diaryl/α,β-unsaturated/α-hetero) is 1. The molecular weight excluding hydrogens is 484 g/mol. The summed E-state index contributed by atoms with van der Waals surface area (Å²) in [6, 6.07) is 9.74. The van der Waals surface area contributed by atoms with Gasteiger partial charge in [-0.3, -0.25) is 9.59 Å². The lowest BCUT2D eigenvalue weighted by Gasteiger charge is -2.26. The van der Waals surface area contributed by atoms with Gasteiger partial charge < -0.3 is 19.3 Å². The zero-order valence-electron chi connectivity index (χ0n) is 19.4. The summed E-state index contributed by atoms with van der Waals surface area (Å²) >= 11 is 3.38. The first kappa shape index (κ1) is 25.2. The summed E-state index contributed by atoms with van der Waals surface area (Å²) in [6.07, 6.45) is 6.85. The summed E-state index contributed by atoms with van der Waals surface area (Å²) in [5.41, 5.74) is 0.559. The van der Waals surface area contributed by atoms with Gasteiger partial charge in [0.25, 0.3) is 11.7 Å². The maximum absolute atomic E-state index is 13.0. The van der Waals surface area contributed by atoms with E-state index in [2.05, 4.69) is 34.7 Å². The minimum Gasteiger partial charge on any atom is -0.507 e. The Labute approximate surface area is 204 Å². The van der Waals surface area contributed by atoms with E-state index in [0.29, 0.717) is 17.9 Å². The number of hydrogen-bond acceptors (Lipinski definition) is 5. The van der Waals surface area contributed by atoms with E-state index in [-0.39, 0.29) is 11.3 Å². The third kappa shape index (κ3) is 6.15. The highest BCUT2D eigenvalue weighted by Crippen LogP contribution is 2.39. The molecule has 1 aromatic heterocycles. The van der Waals surface area contributed by atoms with Crippen LogP contribution in [-0.4, -0.2) is 52.8 Å². The lowest BCUT2D eigenvalue weighted by molar-refractivity contribution is -0.140. The summed E-state index contributed by atoms with van der Waals surface area (Å²) in [5, 5.41) is 11.0. The highest BCUT2D eigenvalue weighted by molar-refractivity contribution is 9.10. The largest absolute Gasteiger partial charge is 0.507 e. The first-order valence-electron chi connectivity index (χ1n) is 11.8. The number of aliphatic hydroxyl groups excluding tert-OH is 1. The SMILES string of the molecule is CCCCN(CCCC)CCCN1C(=O)C(=O)/C(=C(\O)c2ccc(Br)cc2)C1c1ccco1. The zero-order valence-corrected chi connectivity index (χ0v) is 21.0. The molecule has 2 heterocycles. The minimum absolute atomic E-state index is 0.0751. The van der Waals surface area contributed by atoms with Crippen molar-refractivity contribution in [3.05, 3.63) is 64.0 Å². The summed E-state index contributed by atoms with van der Waals surface area (Å²) in [4.78, 5) is 30.0. The molecule has 1 aliphatic rings. The van der Waals surface area contributed by atoms with Crippen LogP contribution in [0, 0.1) is 0 Å². The van der Waals surface area contributed by atoms with E-state index in [4.69, 9.17) is 4.42 Å². The monoisotopic (exact) mass is 516 g/mol. The molecule has 0 aliphatic carbocycles. The van der Waals surface area contributed by atoms with Gasteiger partial charge in [-0.2, -0.15) is 0 Å². The van der Waals surface area contributed by atoms with Gasteiger partial charge >= 0.3 is 0 Å². The van der Waals surface area contributed by atoms with Crippen LogP contribution in [0.2, 0.25) is 0 Å². The highest BCUT2D eigenvalue weighted by Gasteiger charge is 2.47. The number of halogens is 1. The van der Waals surface area contributed by atoms with Crippen LogP contribution in [0.5, 0.6) is 0 Å². The van der Waals surface area contributed by atoms with Crippen LogP contribution in [0.1, 0.15) is 63.3 Å². The first-order chi connectivity index (χ1) is 16.0. The smallest absolute Gasteiger partial charge is 0.295 e. The molecule has 0 spiro atoms. The number of likely N-dealkylation sites (tertiary alicyclic amines) is 1. The molecule has 1 unspecified atom stereocenters. The number of rotatable bonds is 12. The Balaban J connectivity index is 1.83. The van der Waals surface area contributed by atoms with Gasteiger partial charge in [0.05, 0.1) is 11.8 Å². The zero-order chi connectivity index (χ0) is 23.8. The maximum atomic E-state index is 13.0. The molecule has 1 atom stereocenters. The van der Waals surface area contributed by atoms with Gasteiger partial charge in [-0.1, -0.05) is 54.8 Å². The molecule has 7 heteroatoms. The fourth-order valence-corrected chi connectivity index (χ4v) is 4.44. The molecule has 178 valence electrons. The van der Waals surface area contributed by atoms with Gasteiger partial charge in [0, 0.05) is 16.6 Å². The average molecular weight is 517 g/mol. The molecule has 6 nitrogen and oxygen atoms in total. The van der Waals surface area contributed by atoms with Gasteiger partial charge in [-0.15, -0.1) is 0 Å². The van der Waals surface area contributed by atoms with Gasteiger partial charge in [0.1, 0.15) is 17.6 Å². The lowest BCUT2D eigenvalue weighted by Crippen LogP contribution is -2.34. The molecule has 3 rings (SSSR count). The van der Waals surface area contributed by atoms with Crippen molar-refractivity contribution < 1.29 is 19.1 Å². The third-order valence-electron chi connectivity index (χ3n) is 6.00. The van der Waals surface area contributed by atoms with Gasteiger partial charge in [-0.05, 0) is 63.2 Å².